The standard InChI is InChI=1S/C47H43P/c1-46(2,3)48(7,47(4,5)6)34-27-25-31(26-28-34)35-29-30-40-43-36(35)23-16-24-39(43)44-41(32-17-10-8-11-18-32)37-21-14-15-22-38(37)42(45(40)44)33-19-12-9-13-20-33/h8-30H,7H2,1-6H3. The van der Waals surface area contributed by atoms with E-state index < -0.39 is 6.89 Å². The Morgan fingerprint density at radius 2 is 0.812 bits per heavy atom. The fraction of sp³-hybridized carbons (Fsp3) is 0.170. The molecule has 236 valence electrons. The quantitative estimate of drug-likeness (QED) is 0.168. The molecule has 0 nitrogen and oxygen atoms in total. The predicted octanol–water partition coefficient (Wildman–Crippen LogP) is 13.3. The first-order valence-corrected chi connectivity index (χ1v) is 19.1. The van der Waals surface area contributed by atoms with Crippen LogP contribution < -0.4 is 5.30 Å². The van der Waals surface area contributed by atoms with Crippen molar-refractivity contribution in [2.24, 2.45) is 0 Å². The van der Waals surface area contributed by atoms with Gasteiger partial charge >= 0.3 is 0 Å². The zero-order valence-corrected chi connectivity index (χ0v) is 29.8. The number of hydrogen-bond acceptors (Lipinski definition) is 0. The van der Waals surface area contributed by atoms with Gasteiger partial charge in [-0.05, 0) is 92.8 Å². The second kappa shape index (κ2) is 10.9. The molecule has 0 radical (unpaired) electrons. The lowest BCUT2D eigenvalue weighted by atomic mass is 9.82. The summed E-state index contributed by atoms with van der Waals surface area (Å²) in [7, 11) is 0. The number of hydrogen-bond donors (Lipinski definition) is 0. The van der Waals surface area contributed by atoms with E-state index in [1.165, 1.54) is 82.5 Å². The number of rotatable bonds is 4. The van der Waals surface area contributed by atoms with Gasteiger partial charge < -0.3 is 0 Å². The maximum absolute atomic E-state index is 4.99. The van der Waals surface area contributed by atoms with Gasteiger partial charge in [0.1, 0.15) is 0 Å². The summed E-state index contributed by atoms with van der Waals surface area (Å²) in [4.78, 5) is 0. The fourth-order valence-corrected chi connectivity index (χ4v) is 12.8. The van der Waals surface area contributed by atoms with E-state index >= 15 is 0 Å². The molecular formula is C47H43P. The molecule has 0 aliphatic heterocycles. The summed E-state index contributed by atoms with van der Waals surface area (Å²) in [6.45, 7) is 12.5. The number of fused-ring (bicyclic) bond motifs is 4. The van der Waals surface area contributed by atoms with Crippen molar-refractivity contribution in [3.8, 4) is 55.6 Å². The van der Waals surface area contributed by atoms with E-state index in [2.05, 4.69) is 181 Å². The predicted molar refractivity (Wildman–Crippen MR) is 215 cm³/mol. The molecule has 0 heterocycles. The Kier molecular flexibility index (Phi) is 7.00. The third kappa shape index (κ3) is 4.43. The Balaban J connectivity index is 1.41. The largest absolute Gasteiger partial charge is 0.0957 e. The minimum Gasteiger partial charge on any atom is -0.0957 e. The maximum atomic E-state index is 4.99. The first kappa shape index (κ1) is 30.7. The van der Waals surface area contributed by atoms with Crippen molar-refractivity contribution < 1.29 is 0 Å². The second-order valence-corrected chi connectivity index (χ2v) is 20.2. The van der Waals surface area contributed by atoms with E-state index in [0.29, 0.717) is 0 Å². The van der Waals surface area contributed by atoms with E-state index in [0.717, 1.165) is 0 Å². The summed E-state index contributed by atoms with van der Waals surface area (Å²) in [6, 6.07) is 52.0. The minimum absolute atomic E-state index is 0.108. The minimum atomic E-state index is -1.74. The lowest BCUT2D eigenvalue weighted by Gasteiger charge is -2.47. The average Bonchev–Trinajstić information content (AvgIpc) is 3.42. The van der Waals surface area contributed by atoms with Gasteiger partial charge in [-0.2, -0.15) is 0 Å². The summed E-state index contributed by atoms with van der Waals surface area (Å²) >= 11 is 0. The van der Waals surface area contributed by atoms with Crippen molar-refractivity contribution >= 4 is 40.0 Å². The lowest BCUT2D eigenvalue weighted by molar-refractivity contribution is 0.711. The van der Waals surface area contributed by atoms with Crippen molar-refractivity contribution in [2.45, 2.75) is 51.9 Å². The third-order valence-corrected chi connectivity index (χ3v) is 16.6. The molecule has 0 saturated carbocycles. The van der Waals surface area contributed by atoms with Crippen LogP contribution in [0.15, 0.2) is 140 Å². The second-order valence-electron chi connectivity index (χ2n) is 15.4. The highest BCUT2D eigenvalue weighted by Crippen LogP contribution is 2.65. The van der Waals surface area contributed by atoms with Crippen LogP contribution in [0.25, 0.3) is 77.2 Å². The van der Waals surface area contributed by atoms with Gasteiger partial charge in [0.05, 0.1) is 0 Å². The first-order chi connectivity index (χ1) is 23.0. The topological polar surface area (TPSA) is 0 Å². The van der Waals surface area contributed by atoms with Crippen LogP contribution in [-0.2, 0) is 0 Å². The Hall–Kier alpha value is -4.64. The Labute approximate surface area is 286 Å². The fourth-order valence-electron chi connectivity index (χ4n) is 8.54. The maximum Gasteiger partial charge on any atom is -0.000741 e. The van der Waals surface area contributed by atoms with Gasteiger partial charge in [-0.15, -0.1) is 0 Å². The summed E-state index contributed by atoms with van der Waals surface area (Å²) in [5.74, 6) is 0. The zero-order valence-electron chi connectivity index (χ0n) is 28.9. The van der Waals surface area contributed by atoms with E-state index in [9.17, 15) is 0 Å². The summed E-state index contributed by atoms with van der Waals surface area (Å²) in [5, 5.41) is 6.85. The van der Waals surface area contributed by atoms with Crippen LogP contribution in [0.4, 0.5) is 0 Å². The van der Waals surface area contributed by atoms with E-state index in [-0.39, 0.29) is 10.3 Å². The van der Waals surface area contributed by atoms with Crippen LogP contribution in [0.1, 0.15) is 41.5 Å². The van der Waals surface area contributed by atoms with Gasteiger partial charge in [-0.1, -0.05) is 194 Å². The SMILES string of the molecule is C=P(c1ccc(-c2ccc3c4c(cccc24)-c2c-3c(-c3ccccc3)c3ccccc3c2-c2ccccc2)cc1)(C(C)(C)C)C(C)(C)C. The first-order valence-electron chi connectivity index (χ1n) is 17.1. The zero-order chi connectivity index (χ0) is 33.4. The highest BCUT2D eigenvalue weighted by Gasteiger charge is 2.40. The third-order valence-electron chi connectivity index (χ3n) is 10.8. The van der Waals surface area contributed by atoms with Gasteiger partial charge in [0, 0.05) is 0 Å². The monoisotopic (exact) mass is 638 g/mol. The van der Waals surface area contributed by atoms with Gasteiger partial charge in [0.25, 0.3) is 0 Å². The van der Waals surface area contributed by atoms with E-state index in [4.69, 9.17) is 6.30 Å². The molecule has 0 amide bonds. The molecule has 7 aromatic rings. The molecule has 0 unspecified atom stereocenters. The summed E-state index contributed by atoms with van der Waals surface area (Å²) in [5.41, 5.74) is 13.0. The van der Waals surface area contributed by atoms with Crippen molar-refractivity contribution in [2.75, 3.05) is 0 Å². The Morgan fingerprint density at radius 1 is 0.375 bits per heavy atom. The van der Waals surface area contributed by atoms with Gasteiger partial charge in [-0.3, -0.25) is 0 Å². The lowest BCUT2D eigenvalue weighted by Crippen LogP contribution is -2.35. The van der Waals surface area contributed by atoms with Crippen LogP contribution in [0.5, 0.6) is 0 Å². The van der Waals surface area contributed by atoms with Crippen molar-refractivity contribution in [3.05, 3.63) is 140 Å². The molecule has 0 N–H and O–H groups in total. The van der Waals surface area contributed by atoms with Crippen LogP contribution in [0, 0.1) is 0 Å². The molecular weight excluding hydrogens is 595 g/mol. The molecule has 1 aliphatic rings. The smallest absolute Gasteiger partial charge is 0.000741 e. The highest BCUT2D eigenvalue weighted by molar-refractivity contribution is 7.83. The highest BCUT2D eigenvalue weighted by atomic mass is 31.2. The van der Waals surface area contributed by atoms with Crippen molar-refractivity contribution in [3.63, 3.8) is 0 Å². The molecule has 0 aromatic heterocycles. The van der Waals surface area contributed by atoms with Crippen LogP contribution >= 0.6 is 6.89 Å². The average molecular weight is 639 g/mol. The summed E-state index contributed by atoms with van der Waals surface area (Å²) in [6.07, 6.45) is 4.99. The van der Waals surface area contributed by atoms with Crippen LogP contribution in [0.2, 0.25) is 0 Å². The van der Waals surface area contributed by atoms with Crippen LogP contribution in [0.3, 0.4) is 0 Å². The number of benzene rings is 7. The van der Waals surface area contributed by atoms with Crippen molar-refractivity contribution in [1.82, 2.24) is 0 Å². The van der Waals surface area contributed by atoms with Gasteiger partial charge in [0.15, 0.2) is 0 Å². The molecule has 1 aliphatic carbocycles. The molecule has 0 bridgehead atoms. The molecule has 0 spiro atoms. The van der Waals surface area contributed by atoms with Gasteiger partial charge in [0.2, 0.25) is 0 Å². The molecule has 8 rings (SSSR count). The Bertz CT molecular complexity index is 2290. The normalized spacial score (nSPS) is 12.9. The molecule has 0 atom stereocenters. The molecule has 7 aromatic carbocycles. The molecule has 1 heteroatoms. The van der Waals surface area contributed by atoms with E-state index in [1.54, 1.807) is 0 Å². The van der Waals surface area contributed by atoms with Crippen molar-refractivity contribution in [1.29, 1.82) is 0 Å². The molecule has 48 heavy (non-hydrogen) atoms. The van der Waals surface area contributed by atoms with E-state index in [1.807, 2.05) is 0 Å². The summed E-state index contributed by atoms with van der Waals surface area (Å²) < 4.78 is 0. The van der Waals surface area contributed by atoms with Gasteiger partial charge in [-0.25, -0.2) is 0 Å². The molecule has 0 fully saturated rings. The molecule has 0 saturated heterocycles. The Morgan fingerprint density at radius 3 is 1.31 bits per heavy atom. The van der Waals surface area contributed by atoms with Crippen LogP contribution in [-0.4, -0.2) is 16.6 Å².